The summed E-state index contributed by atoms with van der Waals surface area (Å²) in [6.45, 7) is 3.99. The molecule has 7 nitrogen and oxygen atoms in total. The third-order valence-corrected chi connectivity index (χ3v) is 5.88. The van der Waals surface area contributed by atoms with E-state index >= 15 is 0 Å². The van der Waals surface area contributed by atoms with Gasteiger partial charge >= 0.3 is 5.97 Å². The highest BCUT2D eigenvalue weighted by Gasteiger charge is 2.36. The van der Waals surface area contributed by atoms with Crippen molar-refractivity contribution in [3.63, 3.8) is 0 Å². The van der Waals surface area contributed by atoms with Crippen LogP contribution < -0.4 is 0 Å². The first-order valence-corrected chi connectivity index (χ1v) is 7.96. The minimum absolute atomic E-state index is 0.212. The molecule has 2 unspecified atom stereocenters. The number of carboxylic acids is 1. The molecule has 0 aliphatic carbocycles. The van der Waals surface area contributed by atoms with Crippen molar-refractivity contribution < 1.29 is 23.1 Å². The molecule has 1 aliphatic heterocycles. The number of rotatable bonds is 3. The number of morpholine rings is 1. The van der Waals surface area contributed by atoms with Gasteiger partial charge in [0.2, 0.25) is 0 Å². The number of aromatic nitrogens is 1. The quantitative estimate of drug-likeness (QED) is 0.880. The molecule has 1 N–H and O–H groups in total. The average molecular weight is 306 g/mol. The highest BCUT2D eigenvalue weighted by Crippen LogP contribution is 2.26. The zero-order valence-corrected chi connectivity index (χ0v) is 12.1. The number of carboxylic acid groups (broad SMARTS) is 1. The molecule has 1 aromatic heterocycles. The van der Waals surface area contributed by atoms with Crippen LogP contribution in [-0.2, 0) is 14.8 Å². The minimum Gasteiger partial charge on any atom is -0.476 e. The molecule has 1 aliphatic rings. The number of carbonyl (C=O) groups is 1. The number of ether oxygens (including phenoxy) is 1. The van der Waals surface area contributed by atoms with Gasteiger partial charge in [-0.05, 0) is 13.8 Å². The zero-order valence-electron chi connectivity index (χ0n) is 10.4. The van der Waals surface area contributed by atoms with Gasteiger partial charge < -0.3 is 9.84 Å². The number of hydrogen-bond donors (Lipinski definition) is 1. The van der Waals surface area contributed by atoms with Crippen molar-refractivity contribution in [3.05, 3.63) is 11.2 Å². The Hall–Kier alpha value is -1.03. The Morgan fingerprint density at radius 1 is 1.47 bits per heavy atom. The summed E-state index contributed by atoms with van der Waals surface area (Å²) in [5, 5.41) is 8.96. The van der Waals surface area contributed by atoms with Crippen molar-refractivity contribution >= 4 is 27.3 Å². The van der Waals surface area contributed by atoms with E-state index in [1.807, 2.05) is 0 Å². The summed E-state index contributed by atoms with van der Waals surface area (Å²) in [5.74, 6) is -1.34. The van der Waals surface area contributed by atoms with E-state index in [4.69, 9.17) is 9.84 Å². The van der Waals surface area contributed by atoms with Crippen molar-refractivity contribution in [1.29, 1.82) is 0 Å². The predicted octanol–water partition coefficient (Wildman–Crippen LogP) is 0.639. The number of thiazole rings is 1. The third kappa shape index (κ3) is 2.78. The Morgan fingerprint density at radius 3 is 2.58 bits per heavy atom. The summed E-state index contributed by atoms with van der Waals surface area (Å²) >= 11 is 0.819. The van der Waals surface area contributed by atoms with Gasteiger partial charge in [0.25, 0.3) is 10.0 Å². The lowest BCUT2D eigenvalue weighted by Crippen LogP contribution is -2.48. The van der Waals surface area contributed by atoms with Crippen LogP contribution in [0.3, 0.4) is 0 Å². The highest BCUT2D eigenvalue weighted by atomic mass is 32.2. The second-order valence-electron chi connectivity index (χ2n) is 4.37. The Balaban J connectivity index is 2.37. The van der Waals surface area contributed by atoms with Gasteiger partial charge in [0.1, 0.15) is 0 Å². The smallest absolute Gasteiger partial charge is 0.356 e. The molecule has 0 amide bonds. The van der Waals surface area contributed by atoms with Gasteiger partial charge in [-0.25, -0.2) is 18.2 Å². The van der Waals surface area contributed by atoms with Gasteiger partial charge in [0.05, 0.1) is 17.7 Å². The summed E-state index contributed by atoms with van der Waals surface area (Å²) in [7, 11) is -3.83. The molecular formula is C10H14N2O5S2. The van der Waals surface area contributed by atoms with E-state index in [0.29, 0.717) is 0 Å². The third-order valence-electron chi connectivity index (χ3n) is 2.70. The first-order chi connectivity index (χ1) is 8.82. The molecule has 0 radical (unpaired) electrons. The summed E-state index contributed by atoms with van der Waals surface area (Å²) in [6, 6.07) is 0. The van der Waals surface area contributed by atoms with Crippen molar-refractivity contribution in [3.8, 4) is 0 Å². The Morgan fingerprint density at radius 2 is 2.05 bits per heavy atom. The molecule has 2 atom stereocenters. The molecule has 2 rings (SSSR count). The lowest BCUT2D eigenvalue weighted by atomic mass is 10.3. The number of sulfonamides is 1. The van der Waals surface area contributed by atoms with Crippen LogP contribution in [-0.4, -0.2) is 54.1 Å². The van der Waals surface area contributed by atoms with Crippen molar-refractivity contribution in [2.24, 2.45) is 0 Å². The molecule has 0 bridgehead atoms. The van der Waals surface area contributed by atoms with Gasteiger partial charge in [-0.15, -0.1) is 11.3 Å². The van der Waals surface area contributed by atoms with Crippen molar-refractivity contribution in [2.75, 3.05) is 13.1 Å². The van der Waals surface area contributed by atoms with Gasteiger partial charge in [-0.2, -0.15) is 4.31 Å². The molecule has 19 heavy (non-hydrogen) atoms. The second kappa shape index (κ2) is 5.16. The molecule has 9 heteroatoms. The fraction of sp³-hybridized carbons (Fsp3) is 0.600. The maximum absolute atomic E-state index is 12.4. The van der Waals surface area contributed by atoms with Crippen molar-refractivity contribution in [2.45, 2.75) is 30.3 Å². The fourth-order valence-corrected chi connectivity index (χ4v) is 4.87. The lowest BCUT2D eigenvalue weighted by molar-refractivity contribution is -0.0440. The summed E-state index contributed by atoms with van der Waals surface area (Å²) < 4.78 is 31.4. The van der Waals surface area contributed by atoms with Gasteiger partial charge in [-0.3, -0.25) is 0 Å². The molecule has 106 valence electrons. The maximum atomic E-state index is 12.4. The van der Waals surface area contributed by atoms with E-state index in [-0.39, 0.29) is 29.5 Å². The van der Waals surface area contributed by atoms with Crippen LogP contribution >= 0.6 is 11.3 Å². The van der Waals surface area contributed by atoms with E-state index in [0.717, 1.165) is 11.3 Å². The van der Waals surface area contributed by atoms with Crippen LogP contribution in [0, 0.1) is 0 Å². The molecular weight excluding hydrogens is 292 g/mol. The predicted molar refractivity (Wildman–Crippen MR) is 67.8 cm³/mol. The normalized spacial score (nSPS) is 25.4. The summed E-state index contributed by atoms with van der Waals surface area (Å²) in [6.07, 6.45) is -0.445. The molecule has 0 saturated carbocycles. The maximum Gasteiger partial charge on any atom is 0.356 e. The van der Waals surface area contributed by atoms with Crippen LogP contribution in [0.25, 0.3) is 0 Å². The minimum atomic E-state index is -3.83. The largest absolute Gasteiger partial charge is 0.476 e. The van der Waals surface area contributed by atoms with Crippen LogP contribution in [0.1, 0.15) is 24.3 Å². The van der Waals surface area contributed by atoms with Crippen LogP contribution in [0.15, 0.2) is 9.72 Å². The van der Waals surface area contributed by atoms with Crippen LogP contribution in [0.5, 0.6) is 0 Å². The SMILES string of the molecule is CC1CN(S(=O)(=O)c2scnc2C(=O)O)CC(C)O1. The van der Waals surface area contributed by atoms with Gasteiger partial charge in [0, 0.05) is 13.1 Å². The molecule has 0 spiro atoms. The molecule has 1 saturated heterocycles. The number of aromatic carboxylic acids is 1. The number of nitrogens with zero attached hydrogens (tertiary/aromatic N) is 2. The summed E-state index contributed by atoms with van der Waals surface area (Å²) in [4.78, 5) is 14.6. The molecule has 1 fully saturated rings. The van der Waals surface area contributed by atoms with E-state index in [1.165, 1.54) is 9.82 Å². The Kier molecular flexibility index (Phi) is 3.90. The average Bonchev–Trinajstić information content (AvgIpc) is 2.76. The summed E-state index contributed by atoms with van der Waals surface area (Å²) in [5.41, 5.74) is 0.806. The Bertz CT molecular complexity index is 572. The fourth-order valence-electron chi connectivity index (χ4n) is 2.01. The topological polar surface area (TPSA) is 96.8 Å². The van der Waals surface area contributed by atoms with E-state index < -0.39 is 21.7 Å². The molecule has 2 heterocycles. The molecule has 0 aromatic carbocycles. The van der Waals surface area contributed by atoms with Crippen LogP contribution in [0.2, 0.25) is 0 Å². The van der Waals surface area contributed by atoms with Crippen LogP contribution in [0.4, 0.5) is 0 Å². The first-order valence-electron chi connectivity index (χ1n) is 5.64. The lowest BCUT2D eigenvalue weighted by Gasteiger charge is -2.34. The monoisotopic (exact) mass is 306 g/mol. The van der Waals surface area contributed by atoms with Crippen molar-refractivity contribution in [1.82, 2.24) is 9.29 Å². The number of hydrogen-bond acceptors (Lipinski definition) is 6. The first kappa shape index (κ1) is 14.4. The Labute approximate surface area is 114 Å². The zero-order chi connectivity index (χ0) is 14.2. The van der Waals surface area contributed by atoms with Gasteiger partial charge in [-0.1, -0.05) is 0 Å². The van der Waals surface area contributed by atoms with E-state index in [1.54, 1.807) is 13.8 Å². The second-order valence-corrected chi connectivity index (χ2v) is 7.36. The molecule has 1 aromatic rings. The van der Waals surface area contributed by atoms with E-state index in [9.17, 15) is 13.2 Å². The standard InChI is InChI=1S/C10H14N2O5S2/c1-6-3-12(4-7(2)17-6)19(15,16)10-8(9(13)14)11-5-18-10/h5-7H,3-4H2,1-2H3,(H,13,14). The highest BCUT2D eigenvalue weighted by molar-refractivity contribution is 7.91. The van der Waals surface area contributed by atoms with E-state index in [2.05, 4.69) is 4.98 Å². The van der Waals surface area contributed by atoms with Gasteiger partial charge in [0.15, 0.2) is 9.90 Å².